The van der Waals surface area contributed by atoms with Gasteiger partial charge in [0.05, 0.1) is 18.7 Å². The summed E-state index contributed by atoms with van der Waals surface area (Å²) >= 11 is 0. The lowest BCUT2D eigenvalue weighted by Crippen LogP contribution is -2.29. The van der Waals surface area contributed by atoms with Crippen LogP contribution < -0.4 is 9.64 Å². The summed E-state index contributed by atoms with van der Waals surface area (Å²) in [4.78, 5) is 27.4. The summed E-state index contributed by atoms with van der Waals surface area (Å²) in [5.41, 5.74) is 1.07. The number of nitrogens with zero attached hydrogens (tertiary/aromatic N) is 1. The Balaban J connectivity index is 1.96. The van der Waals surface area contributed by atoms with Gasteiger partial charge < -0.3 is 9.84 Å². The molecular formula is C27H23F2NO4. The minimum atomic E-state index is -1.24. The minimum Gasteiger partial charge on any atom is -0.507 e. The fourth-order valence-corrected chi connectivity index (χ4v) is 4.18. The average molecular weight is 463 g/mol. The van der Waals surface area contributed by atoms with Crippen LogP contribution in [0.25, 0.3) is 5.76 Å². The number of Topliss-reactive ketones (excluding diaryl/α,β-unsaturated/α-hetero) is 1. The maximum absolute atomic E-state index is 14.9. The maximum Gasteiger partial charge on any atom is 0.300 e. The first-order valence-corrected chi connectivity index (χ1v) is 10.7. The number of halogens is 2. The number of rotatable bonds is 5. The van der Waals surface area contributed by atoms with E-state index in [-0.39, 0.29) is 22.7 Å². The fraction of sp³-hybridized carbons (Fsp3) is 0.185. The van der Waals surface area contributed by atoms with Crippen LogP contribution in [0.2, 0.25) is 0 Å². The first-order chi connectivity index (χ1) is 16.2. The van der Waals surface area contributed by atoms with Crippen LogP contribution in [0.1, 0.15) is 42.5 Å². The van der Waals surface area contributed by atoms with Gasteiger partial charge in [0.15, 0.2) is 0 Å². The van der Waals surface area contributed by atoms with Crippen molar-refractivity contribution in [2.24, 2.45) is 0 Å². The van der Waals surface area contributed by atoms with Crippen LogP contribution in [0, 0.1) is 11.6 Å². The number of carbonyl (C=O) groups is 2. The van der Waals surface area contributed by atoms with Gasteiger partial charge in [-0.1, -0.05) is 32.0 Å². The van der Waals surface area contributed by atoms with E-state index < -0.39 is 35.1 Å². The molecule has 1 heterocycles. The van der Waals surface area contributed by atoms with Crippen molar-refractivity contribution in [2.75, 3.05) is 12.0 Å². The van der Waals surface area contributed by atoms with Crippen LogP contribution in [0.4, 0.5) is 14.5 Å². The van der Waals surface area contributed by atoms with Crippen molar-refractivity contribution in [2.45, 2.75) is 25.8 Å². The minimum absolute atomic E-state index is 0.0326. The second kappa shape index (κ2) is 9.09. The highest BCUT2D eigenvalue weighted by molar-refractivity contribution is 6.51. The lowest BCUT2D eigenvalue weighted by molar-refractivity contribution is -0.132. The van der Waals surface area contributed by atoms with Crippen LogP contribution in [0.5, 0.6) is 5.75 Å². The highest BCUT2D eigenvalue weighted by atomic mass is 19.1. The smallest absolute Gasteiger partial charge is 0.300 e. The molecule has 174 valence electrons. The van der Waals surface area contributed by atoms with Crippen molar-refractivity contribution in [3.8, 4) is 5.75 Å². The molecule has 0 aromatic heterocycles. The molecule has 0 radical (unpaired) electrons. The molecule has 1 aliphatic heterocycles. The Morgan fingerprint density at radius 1 is 1.00 bits per heavy atom. The molecule has 1 unspecified atom stereocenters. The van der Waals surface area contributed by atoms with Gasteiger partial charge in [0.2, 0.25) is 0 Å². The third-order valence-corrected chi connectivity index (χ3v) is 5.87. The van der Waals surface area contributed by atoms with E-state index in [1.54, 1.807) is 24.3 Å². The monoisotopic (exact) mass is 463 g/mol. The molecule has 1 N–H and O–H groups in total. The lowest BCUT2D eigenvalue weighted by Gasteiger charge is -2.25. The van der Waals surface area contributed by atoms with E-state index in [0.717, 1.165) is 22.6 Å². The number of benzene rings is 3. The molecule has 1 saturated heterocycles. The first-order valence-electron chi connectivity index (χ1n) is 10.7. The van der Waals surface area contributed by atoms with Gasteiger partial charge in [-0.2, -0.15) is 0 Å². The van der Waals surface area contributed by atoms with Crippen LogP contribution in [0.3, 0.4) is 0 Å². The number of aliphatic hydroxyl groups is 1. The van der Waals surface area contributed by atoms with E-state index in [2.05, 4.69) is 0 Å². The molecule has 4 rings (SSSR count). The van der Waals surface area contributed by atoms with Crippen molar-refractivity contribution in [3.05, 3.63) is 101 Å². The van der Waals surface area contributed by atoms with Crippen molar-refractivity contribution in [3.63, 3.8) is 0 Å². The SMILES string of the molecule is COc1ccc(/C(O)=C2\C(=O)C(=O)N(c3ccc(F)cc3)C2c2ccccc2F)cc1C(C)C. The molecule has 0 saturated carbocycles. The Morgan fingerprint density at radius 2 is 1.68 bits per heavy atom. The van der Waals surface area contributed by atoms with Crippen molar-refractivity contribution < 1.29 is 28.2 Å². The number of aliphatic hydroxyl groups excluding tert-OH is 1. The number of hydrogen-bond acceptors (Lipinski definition) is 4. The summed E-state index contributed by atoms with van der Waals surface area (Å²) in [5, 5.41) is 11.3. The number of ether oxygens (including phenoxy) is 1. The first kappa shape index (κ1) is 23.2. The molecule has 3 aromatic rings. The van der Waals surface area contributed by atoms with Crippen LogP contribution in [-0.4, -0.2) is 23.9 Å². The zero-order valence-corrected chi connectivity index (χ0v) is 18.9. The van der Waals surface area contributed by atoms with Gasteiger partial charge in [-0.15, -0.1) is 0 Å². The molecule has 3 aromatic carbocycles. The second-order valence-electron chi connectivity index (χ2n) is 8.28. The van der Waals surface area contributed by atoms with Crippen molar-refractivity contribution >= 4 is 23.1 Å². The zero-order chi connectivity index (χ0) is 24.6. The summed E-state index contributed by atoms with van der Waals surface area (Å²) in [5.74, 6) is -2.85. The summed E-state index contributed by atoms with van der Waals surface area (Å²) < 4.78 is 33.8. The highest BCUT2D eigenvalue weighted by Crippen LogP contribution is 2.43. The molecule has 1 atom stereocenters. The Bertz CT molecular complexity index is 1300. The predicted molar refractivity (Wildman–Crippen MR) is 125 cm³/mol. The number of ketones is 1. The van der Waals surface area contributed by atoms with Crippen molar-refractivity contribution in [1.29, 1.82) is 0 Å². The Hall–Kier alpha value is -4.00. The number of hydrogen-bond donors (Lipinski definition) is 1. The third-order valence-electron chi connectivity index (χ3n) is 5.87. The van der Waals surface area contributed by atoms with E-state index in [1.165, 1.54) is 37.4 Å². The van der Waals surface area contributed by atoms with E-state index >= 15 is 0 Å². The normalized spacial score (nSPS) is 17.5. The molecule has 0 spiro atoms. The largest absolute Gasteiger partial charge is 0.507 e. The van der Waals surface area contributed by atoms with Gasteiger partial charge >= 0.3 is 0 Å². The highest BCUT2D eigenvalue weighted by Gasteiger charge is 2.47. The standard InChI is InChI=1S/C27H23F2NO4/c1-15(2)20-14-16(8-13-22(20)34-3)25(31)23-24(19-6-4-5-7-21(19)29)30(27(33)26(23)32)18-11-9-17(28)10-12-18/h4-15,24,31H,1-3H3/b25-23+. The second-order valence-corrected chi connectivity index (χ2v) is 8.28. The number of anilines is 1. The quantitative estimate of drug-likeness (QED) is 0.298. The third kappa shape index (κ3) is 3.94. The van der Waals surface area contributed by atoms with E-state index in [1.807, 2.05) is 13.8 Å². The van der Waals surface area contributed by atoms with Gasteiger partial charge in [0, 0.05) is 16.8 Å². The van der Waals surface area contributed by atoms with Gasteiger partial charge in [0.25, 0.3) is 11.7 Å². The van der Waals surface area contributed by atoms with E-state index in [0.29, 0.717) is 11.3 Å². The Kier molecular flexibility index (Phi) is 6.20. The average Bonchev–Trinajstić information content (AvgIpc) is 3.09. The molecule has 5 nitrogen and oxygen atoms in total. The number of carbonyl (C=O) groups excluding carboxylic acids is 2. The number of methoxy groups -OCH3 is 1. The summed E-state index contributed by atoms with van der Waals surface area (Å²) in [6.07, 6.45) is 0. The maximum atomic E-state index is 14.9. The topological polar surface area (TPSA) is 66.8 Å². The summed E-state index contributed by atoms with van der Waals surface area (Å²) in [6.45, 7) is 3.91. The molecule has 1 amide bonds. The molecule has 1 aliphatic rings. The molecule has 1 fully saturated rings. The van der Waals surface area contributed by atoms with Crippen molar-refractivity contribution in [1.82, 2.24) is 0 Å². The van der Waals surface area contributed by atoms with Crippen LogP contribution >= 0.6 is 0 Å². The fourth-order valence-electron chi connectivity index (χ4n) is 4.18. The summed E-state index contributed by atoms with van der Waals surface area (Å²) in [7, 11) is 1.53. The van der Waals surface area contributed by atoms with Gasteiger partial charge in [-0.05, 0) is 60.0 Å². The van der Waals surface area contributed by atoms with Gasteiger partial charge in [0.1, 0.15) is 23.1 Å². The van der Waals surface area contributed by atoms with Gasteiger partial charge in [-0.3, -0.25) is 14.5 Å². The lowest BCUT2D eigenvalue weighted by atomic mass is 9.93. The molecule has 7 heteroatoms. The Labute approximate surface area is 195 Å². The van der Waals surface area contributed by atoms with Crippen LogP contribution in [-0.2, 0) is 9.59 Å². The Morgan fingerprint density at radius 3 is 2.29 bits per heavy atom. The molecule has 0 aliphatic carbocycles. The molecular weight excluding hydrogens is 440 g/mol. The van der Waals surface area contributed by atoms with E-state index in [9.17, 15) is 23.5 Å². The zero-order valence-electron chi connectivity index (χ0n) is 18.9. The van der Waals surface area contributed by atoms with Crippen LogP contribution in [0.15, 0.2) is 72.3 Å². The van der Waals surface area contributed by atoms with Gasteiger partial charge in [-0.25, -0.2) is 8.78 Å². The predicted octanol–water partition coefficient (Wildman–Crippen LogP) is 5.72. The molecule has 0 bridgehead atoms. The number of amides is 1. The molecule has 34 heavy (non-hydrogen) atoms. The summed E-state index contributed by atoms with van der Waals surface area (Å²) in [6, 6.07) is 14.4. The van der Waals surface area contributed by atoms with E-state index in [4.69, 9.17) is 4.74 Å².